The van der Waals surface area contributed by atoms with E-state index in [1.54, 1.807) is 7.11 Å². The van der Waals surface area contributed by atoms with Gasteiger partial charge in [-0.1, -0.05) is 12.1 Å². The van der Waals surface area contributed by atoms with Gasteiger partial charge < -0.3 is 19.9 Å². The van der Waals surface area contributed by atoms with Crippen LogP contribution in [0.3, 0.4) is 0 Å². The van der Waals surface area contributed by atoms with Crippen molar-refractivity contribution in [2.75, 3.05) is 52.9 Å². The predicted octanol–water partition coefficient (Wildman–Crippen LogP) is 2.19. The van der Waals surface area contributed by atoms with Crippen LogP contribution in [0.1, 0.15) is 24.8 Å². The Hall–Kier alpha value is -1.30. The fraction of sp³-hybridized carbons (Fsp3) is 0.650. The largest absolute Gasteiger partial charge is 0.497 e. The number of hydrogen-bond donors (Lipinski definition) is 1. The van der Waals surface area contributed by atoms with E-state index in [0.717, 1.165) is 63.9 Å². The highest BCUT2D eigenvalue weighted by Gasteiger charge is 2.21. The van der Waals surface area contributed by atoms with E-state index >= 15 is 0 Å². The van der Waals surface area contributed by atoms with E-state index < -0.39 is 0 Å². The first kappa shape index (κ1) is 21.0. The molecule has 0 spiro atoms. The van der Waals surface area contributed by atoms with Crippen LogP contribution in [0.25, 0.3) is 0 Å². The molecule has 5 nitrogen and oxygen atoms in total. The van der Waals surface area contributed by atoms with Crippen LogP contribution in [0.4, 0.5) is 0 Å². The molecule has 0 aliphatic carbocycles. The highest BCUT2D eigenvalue weighted by molar-refractivity contribution is 5.85. The number of halogens is 1. The summed E-state index contributed by atoms with van der Waals surface area (Å²) in [5.74, 6) is 2.00. The summed E-state index contributed by atoms with van der Waals surface area (Å²) in [5.41, 5.74) is 1.40. The lowest BCUT2D eigenvalue weighted by Gasteiger charge is -2.33. The van der Waals surface area contributed by atoms with Crippen LogP contribution in [-0.2, 0) is 11.2 Å². The molecular formula is C20H32ClN3O2. The molecule has 0 unspecified atom stereocenters. The SMILES string of the molecule is COc1ccc(CC2CCN(CCC(=O)N3CCNCC3)CC2)cc1.Cl. The molecule has 0 saturated carbocycles. The Kier molecular flexibility index (Phi) is 8.69. The van der Waals surface area contributed by atoms with Crippen molar-refractivity contribution in [2.45, 2.75) is 25.7 Å². The molecule has 1 aromatic carbocycles. The van der Waals surface area contributed by atoms with E-state index in [-0.39, 0.29) is 12.4 Å². The number of nitrogens with zero attached hydrogens (tertiary/aromatic N) is 2. The van der Waals surface area contributed by atoms with Crippen LogP contribution in [0.15, 0.2) is 24.3 Å². The predicted molar refractivity (Wildman–Crippen MR) is 107 cm³/mol. The second kappa shape index (κ2) is 10.8. The molecule has 1 amide bonds. The van der Waals surface area contributed by atoms with Crippen LogP contribution in [-0.4, -0.2) is 68.6 Å². The first-order chi connectivity index (χ1) is 12.2. The standard InChI is InChI=1S/C20H31N3O2.ClH/c1-25-19-4-2-17(3-5-19)16-18-6-11-22(12-7-18)13-8-20(24)23-14-9-21-10-15-23;/h2-5,18,21H,6-16H2,1H3;1H. The lowest BCUT2D eigenvalue weighted by atomic mass is 9.90. The number of likely N-dealkylation sites (tertiary alicyclic amines) is 1. The summed E-state index contributed by atoms with van der Waals surface area (Å²) in [4.78, 5) is 16.7. The van der Waals surface area contributed by atoms with Crippen molar-refractivity contribution in [1.29, 1.82) is 0 Å². The number of rotatable bonds is 6. The Morgan fingerprint density at radius 2 is 1.77 bits per heavy atom. The fourth-order valence-electron chi connectivity index (χ4n) is 3.84. The van der Waals surface area contributed by atoms with Gasteiger partial charge in [-0.2, -0.15) is 0 Å². The quantitative estimate of drug-likeness (QED) is 0.820. The first-order valence-electron chi connectivity index (χ1n) is 9.58. The van der Waals surface area contributed by atoms with Gasteiger partial charge in [-0.25, -0.2) is 0 Å². The number of piperidine rings is 1. The number of carbonyl (C=O) groups is 1. The smallest absolute Gasteiger partial charge is 0.223 e. The molecule has 0 aromatic heterocycles. The number of amides is 1. The average molecular weight is 382 g/mol. The Morgan fingerprint density at radius 1 is 1.12 bits per heavy atom. The van der Waals surface area contributed by atoms with E-state index in [4.69, 9.17) is 4.74 Å². The maximum Gasteiger partial charge on any atom is 0.223 e. The van der Waals surface area contributed by atoms with Crippen molar-refractivity contribution < 1.29 is 9.53 Å². The minimum atomic E-state index is 0. The van der Waals surface area contributed by atoms with E-state index in [9.17, 15) is 4.79 Å². The second-order valence-corrected chi connectivity index (χ2v) is 7.22. The molecule has 146 valence electrons. The summed E-state index contributed by atoms with van der Waals surface area (Å²) >= 11 is 0. The number of methoxy groups -OCH3 is 1. The summed E-state index contributed by atoms with van der Waals surface area (Å²) in [6.45, 7) is 6.75. The van der Waals surface area contributed by atoms with E-state index in [2.05, 4.69) is 22.3 Å². The fourth-order valence-corrected chi connectivity index (χ4v) is 3.84. The summed E-state index contributed by atoms with van der Waals surface area (Å²) in [6, 6.07) is 8.45. The Balaban J connectivity index is 0.00000243. The van der Waals surface area contributed by atoms with E-state index in [0.29, 0.717) is 12.3 Å². The minimum Gasteiger partial charge on any atom is -0.497 e. The van der Waals surface area contributed by atoms with Crippen molar-refractivity contribution in [2.24, 2.45) is 5.92 Å². The highest BCUT2D eigenvalue weighted by atomic mass is 35.5. The summed E-state index contributed by atoms with van der Waals surface area (Å²) in [7, 11) is 1.71. The summed E-state index contributed by atoms with van der Waals surface area (Å²) in [6.07, 6.45) is 4.28. The van der Waals surface area contributed by atoms with Gasteiger partial charge in [-0.3, -0.25) is 4.79 Å². The molecule has 3 rings (SSSR count). The number of benzene rings is 1. The highest BCUT2D eigenvalue weighted by Crippen LogP contribution is 2.23. The molecule has 2 saturated heterocycles. The summed E-state index contributed by atoms with van der Waals surface area (Å²) in [5, 5.41) is 3.29. The molecule has 2 fully saturated rings. The molecule has 26 heavy (non-hydrogen) atoms. The van der Waals surface area contributed by atoms with E-state index in [1.807, 2.05) is 17.0 Å². The van der Waals surface area contributed by atoms with Crippen molar-refractivity contribution in [3.05, 3.63) is 29.8 Å². The van der Waals surface area contributed by atoms with Gasteiger partial charge in [0.05, 0.1) is 7.11 Å². The lowest BCUT2D eigenvalue weighted by molar-refractivity contribution is -0.132. The third kappa shape index (κ3) is 6.15. The van der Waals surface area contributed by atoms with Crippen LogP contribution in [0, 0.1) is 5.92 Å². The van der Waals surface area contributed by atoms with Crippen LogP contribution in [0.5, 0.6) is 5.75 Å². The van der Waals surface area contributed by atoms with Gasteiger partial charge in [0.25, 0.3) is 0 Å². The molecule has 0 atom stereocenters. The topological polar surface area (TPSA) is 44.8 Å². The van der Waals surface area contributed by atoms with Crippen LogP contribution < -0.4 is 10.1 Å². The van der Waals surface area contributed by atoms with Gasteiger partial charge in [0.1, 0.15) is 5.75 Å². The first-order valence-corrected chi connectivity index (χ1v) is 9.58. The third-order valence-electron chi connectivity index (χ3n) is 5.50. The zero-order valence-electron chi connectivity index (χ0n) is 15.8. The normalized spacial score (nSPS) is 19.0. The van der Waals surface area contributed by atoms with Crippen LogP contribution in [0.2, 0.25) is 0 Å². The zero-order chi connectivity index (χ0) is 17.5. The molecule has 2 aliphatic heterocycles. The molecule has 0 radical (unpaired) electrons. The van der Waals surface area contributed by atoms with Crippen molar-refractivity contribution in [1.82, 2.24) is 15.1 Å². The second-order valence-electron chi connectivity index (χ2n) is 7.22. The monoisotopic (exact) mass is 381 g/mol. The molecule has 1 aromatic rings. The molecule has 2 aliphatic rings. The molecular weight excluding hydrogens is 350 g/mol. The van der Waals surface area contributed by atoms with Gasteiger partial charge in [-0.05, 0) is 56.0 Å². The van der Waals surface area contributed by atoms with Gasteiger partial charge >= 0.3 is 0 Å². The third-order valence-corrected chi connectivity index (χ3v) is 5.50. The summed E-state index contributed by atoms with van der Waals surface area (Å²) < 4.78 is 5.22. The van der Waals surface area contributed by atoms with Gasteiger partial charge in [0.15, 0.2) is 0 Å². The molecule has 6 heteroatoms. The van der Waals surface area contributed by atoms with Gasteiger partial charge in [0, 0.05) is 39.1 Å². The zero-order valence-corrected chi connectivity index (χ0v) is 16.6. The number of carbonyl (C=O) groups excluding carboxylic acids is 1. The molecule has 0 bridgehead atoms. The minimum absolute atomic E-state index is 0. The number of piperazine rings is 1. The lowest BCUT2D eigenvalue weighted by Crippen LogP contribution is -2.47. The number of hydrogen-bond acceptors (Lipinski definition) is 4. The molecule has 1 N–H and O–H groups in total. The van der Waals surface area contributed by atoms with E-state index in [1.165, 1.54) is 18.4 Å². The molecule has 2 heterocycles. The Morgan fingerprint density at radius 3 is 2.38 bits per heavy atom. The van der Waals surface area contributed by atoms with Crippen molar-refractivity contribution in [3.8, 4) is 5.75 Å². The van der Waals surface area contributed by atoms with Crippen molar-refractivity contribution >= 4 is 18.3 Å². The maximum atomic E-state index is 12.3. The Labute approximate surface area is 163 Å². The van der Waals surface area contributed by atoms with Crippen molar-refractivity contribution in [3.63, 3.8) is 0 Å². The van der Waals surface area contributed by atoms with Crippen LogP contribution >= 0.6 is 12.4 Å². The Bertz CT molecular complexity index is 538. The van der Waals surface area contributed by atoms with Gasteiger partial charge in [0.2, 0.25) is 5.91 Å². The average Bonchev–Trinajstić information content (AvgIpc) is 2.68. The number of ether oxygens (including phenoxy) is 1. The maximum absolute atomic E-state index is 12.3. The van der Waals surface area contributed by atoms with Gasteiger partial charge in [-0.15, -0.1) is 12.4 Å². The number of nitrogens with one attached hydrogen (secondary N) is 1.